The lowest BCUT2D eigenvalue weighted by molar-refractivity contribution is -0.122. The van der Waals surface area contributed by atoms with Crippen molar-refractivity contribution in [2.45, 2.75) is 13.0 Å². The highest BCUT2D eigenvalue weighted by molar-refractivity contribution is 7.22. The number of thiazole rings is 1. The van der Waals surface area contributed by atoms with Gasteiger partial charge in [0.25, 0.3) is 5.91 Å². The maximum Gasteiger partial charge on any atom is 0.400 e. The molecule has 0 aliphatic carbocycles. The number of hydrogen-bond acceptors (Lipinski definition) is 7. The molecule has 0 aliphatic rings. The number of halogens is 1. The van der Waals surface area contributed by atoms with Crippen LogP contribution >= 0.6 is 22.9 Å². The largest absolute Gasteiger partial charge is 0.481 e. The van der Waals surface area contributed by atoms with Crippen molar-refractivity contribution in [3.8, 4) is 17.6 Å². The van der Waals surface area contributed by atoms with E-state index >= 15 is 0 Å². The second-order valence-electron chi connectivity index (χ2n) is 6.90. The molecule has 0 bridgehead atoms. The summed E-state index contributed by atoms with van der Waals surface area (Å²) in [6.07, 6.45) is -0.602. The van der Waals surface area contributed by atoms with Crippen molar-refractivity contribution in [1.82, 2.24) is 9.97 Å². The number of rotatable bonds is 6. The van der Waals surface area contributed by atoms with E-state index in [0.717, 1.165) is 10.2 Å². The monoisotopic (exact) mass is 465 g/mol. The third-order valence-corrected chi connectivity index (χ3v) is 5.75. The van der Waals surface area contributed by atoms with Crippen molar-refractivity contribution >= 4 is 55.3 Å². The lowest BCUT2D eigenvalue weighted by Crippen LogP contribution is -2.30. The first-order valence-corrected chi connectivity index (χ1v) is 10.9. The summed E-state index contributed by atoms with van der Waals surface area (Å²) in [6.45, 7) is 1.68. The van der Waals surface area contributed by atoms with Gasteiger partial charge in [-0.25, -0.2) is 4.98 Å². The van der Waals surface area contributed by atoms with Gasteiger partial charge in [0, 0.05) is 11.1 Å². The molecule has 0 radical (unpaired) electrons. The molecule has 5 rings (SSSR count). The van der Waals surface area contributed by atoms with Gasteiger partial charge in [-0.3, -0.25) is 10.1 Å². The highest BCUT2D eigenvalue weighted by Gasteiger charge is 2.17. The van der Waals surface area contributed by atoms with Crippen molar-refractivity contribution in [2.75, 3.05) is 5.32 Å². The zero-order chi connectivity index (χ0) is 22.1. The number of carbonyl (C=O) groups is 1. The summed E-state index contributed by atoms with van der Waals surface area (Å²) >= 11 is 7.38. The van der Waals surface area contributed by atoms with Gasteiger partial charge in [-0.2, -0.15) is 4.98 Å². The first-order valence-electron chi connectivity index (χ1n) is 9.70. The zero-order valence-electron chi connectivity index (χ0n) is 16.7. The average Bonchev–Trinajstić information content (AvgIpc) is 3.37. The molecule has 0 aliphatic heterocycles. The second-order valence-corrected chi connectivity index (χ2v) is 8.37. The molecule has 1 atom stereocenters. The Morgan fingerprint density at radius 2 is 1.81 bits per heavy atom. The number of oxazole rings is 1. The number of hydrogen-bond donors (Lipinski definition) is 1. The van der Waals surface area contributed by atoms with Crippen LogP contribution in [0.15, 0.2) is 71.1 Å². The predicted octanol–water partition coefficient (Wildman–Crippen LogP) is 6.29. The molecule has 160 valence electrons. The fourth-order valence-corrected chi connectivity index (χ4v) is 4.03. The zero-order valence-corrected chi connectivity index (χ0v) is 18.3. The first kappa shape index (κ1) is 20.3. The van der Waals surface area contributed by atoms with Gasteiger partial charge < -0.3 is 13.9 Å². The Hall–Kier alpha value is -3.62. The Bertz CT molecular complexity index is 1380. The summed E-state index contributed by atoms with van der Waals surface area (Å²) in [7, 11) is 0. The molecule has 1 amide bonds. The number of anilines is 1. The molecule has 5 aromatic rings. The summed E-state index contributed by atoms with van der Waals surface area (Å²) in [6, 6.07) is 19.7. The highest BCUT2D eigenvalue weighted by Crippen LogP contribution is 2.29. The van der Waals surface area contributed by atoms with Crippen molar-refractivity contribution in [3.05, 3.63) is 71.8 Å². The Balaban J connectivity index is 1.20. The standard InChI is InChI=1S/C23H16ClN3O4S/c1-13(21(28)27-22-25-18-4-2-3-5-20(18)32-22)29-15-7-9-16(10-8-15)30-23-26-17-11-6-14(24)12-19(17)31-23/h2-13H,1H3,(H,25,27,28)/t13-/m1/s1. The highest BCUT2D eigenvalue weighted by atomic mass is 35.5. The van der Waals surface area contributed by atoms with Gasteiger partial charge in [0.15, 0.2) is 16.8 Å². The Kier molecular flexibility index (Phi) is 5.38. The molecule has 9 heteroatoms. The molecular weight excluding hydrogens is 450 g/mol. The molecule has 7 nitrogen and oxygen atoms in total. The lowest BCUT2D eigenvalue weighted by atomic mass is 10.3. The van der Waals surface area contributed by atoms with Crippen molar-refractivity contribution in [1.29, 1.82) is 0 Å². The van der Waals surface area contributed by atoms with Crippen LogP contribution in [0.25, 0.3) is 21.3 Å². The molecule has 2 aromatic heterocycles. The summed E-state index contributed by atoms with van der Waals surface area (Å²) in [5.74, 6) is 0.754. The van der Waals surface area contributed by atoms with Crippen molar-refractivity contribution in [3.63, 3.8) is 0 Å². The third kappa shape index (κ3) is 4.37. The van der Waals surface area contributed by atoms with Gasteiger partial charge in [-0.1, -0.05) is 35.1 Å². The number of aromatic nitrogens is 2. The topological polar surface area (TPSA) is 86.5 Å². The molecular formula is C23H16ClN3O4S. The van der Waals surface area contributed by atoms with Gasteiger partial charge in [0.05, 0.1) is 10.2 Å². The Labute approximate surface area is 191 Å². The van der Waals surface area contributed by atoms with Crippen LogP contribution in [0, 0.1) is 0 Å². The summed E-state index contributed by atoms with van der Waals surface area (Å²) in [5.41, 5.74) is 2.04. The van der Waals surface area contributed by atoms with E-state index in [1.807, 2.05) is 24.3 Å². The van der Waals surface area contributed by atoms with Crippen LogP contribution in [-0.4, -0.2) is 22.0 Å². The SMILES string of the molecule is C[C@@H](Oc1ccc(Oc2nc3ccc(Cl)cc3o2)cc1)C(=O)Nc1nc2ccccc2s1. The lowest BCUT2D eigenvalue weighted by Gasteiger charge is -2.13. The normalized spacial score (nSPS) is 12.1. The van der Waals surface area contributed by atoms with Crippen molar-refractivity contribution < 1.29 is 18.7 Å². The summed E-state index contributed by atoms with van der Waals surface area (Å²) in [5, 5.41) is 3.90. The van der Waals surface area contributed by atoms with Crippen molar-refractivity contribution in [2.24, 2.45) is 0 Å². The van der Waals surface area contributed by atoms with E-state index < -0.39 is 6.10 Å². The fraction of sp³-hybridized carbons (Fsp3) is 0.0870. The first-order chi connectivity index (χ1) is 15.5. The average molecular weight is 466 g/mol. The number of nitrogens with one attached hydrogen (secondary N) is 1. The number of amides is 1. The van der Waals surface area contributed by atoms with E-state index in [0.29, 0.717) is 32.8 Å². The van der Waals surface area contributed by atoms with Crippen LogP contribution in [0.1, 0.15) is 6.92 Å². The fourth-order valence-electron chi connectivity index (χ4n) is 3.00. The number of benzene rings is 3. The maximum atomic E-state index is 12.5. The van der Waals surface area contributed by atoms with Crippen LogP contribution in [-0.2, 0) is 4.79 Å². The van der Waals surface area contributed by atoms with E-state index in [4.69, 9.17) is 25.5 Å². The predicted molar refractivity (Wildman–Crippen MR) is 124 cm³/mol. The third-order valence-electron chi connectivity index (χ3n) is 4.57. The quantitative estimate of drug-likeness (QED) is 0.317. The maximum absolute atomic E-state index is 12.5. The summed E-state index contributed by atoms with van der Waals surface area (Å²) < 4.78 is 18.0. The van der Waals surface area contributed by atoms with Gasteiger partial charge in [0.1, 0.15) is 17.0 Å². The van der Waals surface area contributed by atoms with Gasteiger partial charge >= 0.3 is 6.08 Å². The molecule has 3 aromatic carbocycles. The minimum absolute atomic E-state index is 0.111. The minimum Gasteiger partial charge on any atom is -0.481 e. The number of fused-ring (bicyclic) bond motifs is 2. The number of ether oxygens (including phenoxy) is 2. The molecule has 32 heavy (non-hydrogen) atoms. The molecule has 0 saturated carbocycles. The molecule has 0 fully saturated rings. The van der Waals surface area contributed by atoms with Gasteiger partial charge in [-0.15, -0.1) is 0 Å². The smallest absolute Gasteiger partial charge is 0.400 e. The second kappa shape index (κ2) is 8.49. The molecule has 1 N–H and O–H groups in total. The Morgan fingerprint density at radius 1 is 1.03 bits per heavy atom. The number of carbonyl (C=O) groups excluding carboxylic acids is 1. The van der Waals surface area contributed by atoms with Crippen LogP contribution in [0.4, 0.5) is 5.13 Å². The van der Waals surface area contributed by atoms with Crippen LogP contribution in [0.3, 0.4) is 0 Å². The molecule has 0 unspecified atom stereocenters. The number of nitrogens with zero attached hydrogens (tertiary/aromatic N) is 2. The van der Waals surface area contributed by atoms with E-state index in [-0.39, 0.29) is 12.0 Å². The molecule has 2 heterocycles. The van der Waals surface area contributed by atoms with Crippen LogP contribution in [0.5, 0.6) is 17.6 Å². The molecule has 0 spiro atoms. The number of para-hydroxylation sites is 1. The van der Waals surface area contributed by atoms with Crippen LogP contribution in [0.2, 0.25) is 5.02 Å². The van der Waals surface area contributed by atoms with Gasteiger partial charge in [0.2, 0.25) is 0 Å². The van der Waals surface area contributed by atoms with Gasteiger partial charge in [-0.05, 0) is 55.5 Å². The summed E-state index contributed by atoms with van der Waals surface area (Å²) in [4.78, 5) is 21.2. The Morgan fingerprint density at radius 3 is 2.62 bits per heavy atom. The van der Waals surface area contributed by atoms with E-state index in [2.05, 4.69) is 15.3 Å². The van der Waals surface area contributed by atoms with E-state index in [1.165, 1.54) is 11.3 Å². The van der Waals surface area contributed by atoms with Crippen LogP contribution < -0.4 is 14.8 Å². The van der Waals surface area contributed by atoms with E-state index in [9.17, 15) is 4.79 Å². The van der Waals surface area contributed by atoms with E-state index in [1.54, 1.807) is 49.4 Å². The minimum atomic E-state index is -0.712. The molecule has 0 saturated heterocycles.